The third-order valence-corrected chi connectivity index (χ3v) is 5.98. The highest BCUT2D eigenvalue weighted by Gasteiger charge is 2.21. The molecule has 1 saturated heterocycles. The van der Waals surface area contributed by atoms with Crippen LogP contribution >= 0.6 is 0 Å². The summed E-state index contributed by atoms with van der Waals surface area (Å²) >= 11 is 0. The minimum atomic E-state index is -0.981. The van der Waals surface area contributed by atoms with Gasteiger partial charge >= 0.3 is 5.97 Å². The van der Waals surface area contributed by atoms with E-state index in [4.69, 9.17) is 9.84 Å². The van der Waals surface area contributed by atoms with E-state index in [2.05, 4.69) is 17.3 Å². The summed E-state index contributed by atoms with van der Waals surface area (Å²) < 4.78 is 6.11. The molecule has 2 N–H and O–H groups in total. The third kappa shape index (κ3) is 5.79. The van der Waals surface area contributed by atoms with Crippen molar-refractivity contribution >= 4 is 28.7 Å². The number of hydrogen-bond acceptors (Lipinski definition) is 4. The molecule has 0 saturated carbocycles. The number of carbonyl (C=O) groups is 2. The molecule has 4 rings (SSSR count). The number of benzene rings is 3. The van der Waals surface area contributed by atoms with Crippen molar-refractivity contribution in [3.8, 4) is 5.75 Å². The van der Waals surface area contributed by atoms with E-state index in [1.54, 1.807) is 18.2 Å². The van der Waals surface area contributed by atoms with Gasteiger partial charge in [0.25, 0.3) is 5.91 Å². The molecule has 1 aliphatic heterocycles. The molecule has 0 radical (unpaired) electrons. The van der Waals surface area contributed by atoms with Crippen LogP contribution in [0, 0.1) is 0 Å². The van der Waals surface area contributed by atoms with Crippen LogP contribution in [0.25, 0.3) is 16.8 Å². The lowest BCUT2D eigenvalue weighted by atomic mass is 10.0. The molecule has 0 atom stereocenters. The molecule has 3 aromatic carbocycles. The van der Waals surface area contributed by atoms with Crippen molar-refractivity contribution in [2.45, 2.75) is 18.9 Å². The fraction of sp³-hybridized carbons (Fsp3) is 0.259. The molecule has 0 aromatic heterocycles. The maximum absolute atomic E-state index is 13.2. The number of piperidine rings is 1. The standard InChI is InChI=1S/C27H28N2O4/c1-29-15-13-23(14-16-29)28-26(30)22(17-19-9-11-21(12-10-19)27(31)32)18-33-25-8-4-6-20-5-2-3-7-24(20)25/h2-12,17,23H,13-16,18H2,1H3,(H,28,30)(H,31,32)/b22-17+. The second-order valence-corrected chi connectivity index (χ2v) is 8.41. The lowest BCUT2D eigenvalue weighted by Gasteiger charge is -2.29. The van der Waals surface area contributed by atoms with Gasteiger partial charge in [-0.3, -0.25) is 4.79 Å². The van der Waals surface area contributed by atoms with E-state index in [-0.39, 0.29) is 24.1 Å². The third-order valence-electron chi connectivity index (χ3n) is 5.98. The number of amides is 1. The molecule has 0 spiro atoms. The quantitative estimate of drug-likeness (QED) is 0.534. The first-order chi connectivity index (χ1) is 16.0. The minimum absolute atomic E-state index is 0.104. The smallest absolute Gasteiger partial charge is 0.335 e. The number of nitrogens with one attached hydrogen (secondary N) is 1. The van der Waals surface area contributed by atoms with E-state index in [9.17, 15) is 9.59 Å². The average Bonchev–Trinajstić information content (AvgIpc) is 2.83. The van der Waals surface area contributed by atoms with Crippen LogP contribution in [0.1, 0.15) is 28.8 Å². The number of carboxylic acid groups (broad SMARTS) is 1. The Labute approximate surface area is 193 Å². The Bertz CT molecular complexity index is 1160. The summed E-state index contributed by atoms with van der Waals surface area (Å²) in [7, 11) is 2.09. The predicted molar refractivity (Wildman–Crippen MR) is 129 cm³/mol. The predicted octanol–water partition coefficient (Wildman–Crippen LogP) is 4.21. The van der Waals surface area contributed by atoms with Crippen molar-refractivity contribution in [3.05, 3.63) is 83.4 Å². The minimum Gasteiger partial charge on any atom is -0.488 e. The number of aromatic carboxylic acids is 1. The highest BCUT2D eigenvalue weighted by molar-refractivity contribution is 5.98. The first kappa shape index (κ1) is 22.6. The first-order valence-electron chi connectivity index (χ1n) is 11.1. The zero-order valence-electron chi connectivity index (χ0n) is 18.7. The van der Waals surface area contributed by atoms with Crippen LogP contribution in [0.2, 0.25) is 0 Å². The summed E-state index contributed by atoms with van der Waals surface area (Å²) in [6, 6.07) is 20.4. The summed E-state index contributed by atoms with van der Waals surface area (Å²) in [6.45, 7) is 2.01. The Morgan fingerprint density at radius 3 is 2.45 bits per heavy atom. The van der Waals surface area contributed by atoms with Gasteiger partial charge < -0.3 is 20.1 Å². The fourth-order valence-corrected chi connectivity index (χ4v) is 4.00. The van der Waals surface area contributed by atoms with E-state index in [1.165, 1.54) is 12.1 Å². The Hall–Kier alpha value is -3.64. The molecule has 1 aliphatic rings. The second kappa shape index (κ2) is 10.3. The fourth-order valence-electron chi connectivity index (χ4n) is 4.00. The van der Waals surface area contributed by atoms with Crippen LogP contribution in [-0.4, -0.2) is 54.7 Å². The summed E-state index contributed by atoms with van der Waals surface area (Å²) in [5, 5.41) is 14.4. The SMILES string of the molecule is CN1CCC(NC(=O)/C(=C/c2ccc(C(=O)O)cc2)COc2cccc3ccccc23)CC1. The molecule has 6 heteroatoms. The van der Waals surface area contributed by atoms with E-state index in [0.29, 0.717) is 11.3 Å². The van der Waals surface area contributed by atoms with Crippen molar-refractivity contribution in [3.63, 3.8) is 0 Å². The van der Waals surface area contributed by atoms with Crippen LogP contribution in [0.5, 0.6) is 5.75 Å². The molecule has 0 aliphatic carbocycles. The van der Waals surface area contributed by atoms with Crippen molar-refractivity contribution in [1.82, 2.24) is 10.2 Å². The van der Waals surface area contributed by atoms with Gasteiger partial charge in [-0.05, 0) is 68.2 Å². The Morgan fingerprint density at radius 1 is 1.03 bits per heavy atom. The van der Waals surface area contributed by atoms with Gasteiger partial charge in [-0.15, -0.1) is 0 Å². The van der Waals surface area contributed by atoms with Crippen LogP contribution in [0.4, 0.5) is 0 Å². The van der Waals surface area contributed by atoms with Gasteiger partial charge in [0.15, 0.2) is 0 Å². The topological polar surface area (TPSA) is 78.9 Å². The number of hydrogen-bond donors (Lipinski definition) is 2. The Balaban J connectivity index is 1.56. The Kier molecular flexibility index (Phi) is 7.05. The zero-order valence-corrected chi connectivity index (χ0v) is 18.7. The average molecular weight is 445 g/mol. The van der Waals surface area contributed by atoms with Gasteiger partial charge in [-0.1, -0.05) is 48.5 Å². The molecule has 0 unspecified atom stereocenters. The van der Waals surface area contributed by atoms with Crippen molar-refractivity contribution in [1.29, 1.82) is 0 Å². The molecule has 1 heterocycles. The number of carbonyl (C=O) groups excluding carboxylic acids is 1. The maximum atomic E-state index is 13.2. The molecule has 1 fully saturated rings. The highest BCUT2D eigenvalue weighted by atomic mass is 16.5. The van der Waals surface area contributed by atoms with Gasteiger partial charge in [0.05, 0.1) is 11.1 Å². The summed E-state index contributed by atoms with van der Waals surface area (Å²) in [4.78, 5) is 26.6. The molecule has 6 nitrogen and oxygen atoms in total. The van der Waals surface area contributed by atoms with E-state index >= 15 is 0 Å². The van der Waals surface area contributed by atoms with Gasteiger partial charge in [-0.25, -0.2) is 4.79 Å². The summed E-state index contributed by atoms with van der Waals surface area (Å²) in [5.74, 6) is -0.426. The van der Waals surface area contributed by atoms with E-state index in [0.717, 1.165) is 42.3 Å². The van der Waals surface area contributed by atoms with E-state index in [1.807, 2.05) is 42.5 Å². The van der Waals surface area contributed by atoms with Gasteiger partial charge in [0.2, 0.25) is 0 Å². The van der Waals surface area contributed by atoms with Crippen molar-refractivity contribution in [2.24, 2.45) is 0 Å². The first-order valence-corrected chi connectivity index (χ1v) is 11.1. The van der Waals surface area contributed by atoms with E-state index < -0.39 is 5.97 Å². The number of likely N-dealkylation sites (tertiary alicyclic amines) is 1. The normalized spacial score (nSPS) is 15.4. The highest BCUT2D eigenvalue weighted by Crippen LogP contribution is 2.26. The van der Waals surface area contributed by atoms with Gasteiger partial charge in [-0.2, -0.15) is 0 Å². The molecule has 0 bridgehead atoms. The molecule has 1 amide bonds. The van der Waals surface area contributed by atoms with Crippen molar-refractivity contribution < 1.29 is 19.4 Å². The molecule has 3 aromatic rings. The molecular weight excluding hydrogens is 416 g/mol. The number of nitrogens with zero attached hydrogens (tertiary/aromatic N) is 1. The number of ether oxygens (including phenoxy) is 1. The number of carboxylic acids is 1. The van der Waals surface area contributed by atoms with Crippen LogP contribution < -0.4 is 10.1 Å². The van der Waals surface area contributed by atoms with Gasteiger partial charge in [0, 0.05) is 11.4 Å². The summed E-state index contributed by atoms with van der Waals surface area (Å²) in [6.07, 6.45) is 3.58. The number of fused-ring (bicyclic) bond motifs is 1. The number of rotatable bonds is 7. The molecule has 170 valence electrons. The van der Waals surface area contributed by atoms with Crippen LogP contribution in [0.15, 0.2) is 72.3 Å². The summed E-state index contributed by atoms with van der Waals surface area (Å²) in [5.41, 5.74) is 1.44. The Morgan fingerprint density at radius 2 is 1.73 bits per heavy atom. The van der Waals surface area contributed by atoms with Crippen LogP contribution in [0.3, 0.4) is 0 Å². The largest absolute Gasteiger partial charge is 0.488 e. The molecular formula is C27H28N2O4. The van der Waals surface area contributed by atoms with Crippen molar-refractivity contribution in [2.75, 3.05) is 26.7 Å². The van der Waals surface area contributed by atoms with Crippen LogP contribution in [-0.2, 0) is 4.79 Å². The maximum Gasteiger partial charge on any atom is 0.335 e. The van der Waals surface area contributed by atoms with Gasteiger partial charge in [0.1, 0.15) is 12.4 Å². The molecule has 33 heavy (non-hydrogen) atoms. The second-order valence-electron chi connectivity index (χ2n) is 8.41. The zero-order chi connectivity index (χ0) is 23.2. The lowest BCUT2D eigenvalue weighted by Crippen LogP contribution is -2.44. The lowest BCUT2D eigenvalue weighted by molar-refractivity contribution is -0.118. The monoisotopic (exact) mass is 444 g/mol.